The van der Waals surface area contributed by atoms with Gasteiger partial charge in [0.25, 0.3) is 0 Å². The Morgan fingerprint density at radius 1 is 1.00 bits per heavy atom. The molecule has 3 aromatic rings. The molecule has 0 aliphatic heterocycles. The average molecular weight is 393 g/mol. The molecule has 3 rings (SSSR count). The summed E-state index contributed by atoms with van der Waals surface area (Å²) in [6.07, 6.45) is 2.32. The molecule has 152 valence electrons. The van der Waals surface area contributed by atoms with Crippen LogP contribution in [0.25, 0.3) is 0 Å². The lowest BCUT2D eigenvalue weighted by molar-refractivity contribution is 0.354. The van der Waals surface area contributed by atoms with Gasteiger partial charge in [-0.05, 0) is 43.2 Å². The maximum Gasteiger partial charge on any atom is 0.161 e. The number of rotatable bonds is 9. The Bertz CT molecular complexity index is 934. The van der Waals surface area contributed by atoms with E-state index in [1.54, 1.807) is 14.2 Å². The van der Waals surface area contributed by atoms with E-state index < -0.39 is 0 Å². The van der Waals surface area contributed by atoms with Crippen LogP contribution in [0.5, 0.6) is 11.5 Å². The largest absolute Gasteiger partial charge is 0.493 e. The Morgan fingerprint density at radius 2 is 1.76 bits per heavy atom. The molecular formula is C22H27N5O2. The van der Waals surface area contributed by atoms with Crippen molar-refractivity contribution in [1.82, 2.24) is 9.97 Å². The number of aromatic nitrogens is 2. The molecule has 0 aliphatic carbocycles. The van der Waals surface area contributed by atoms with Crippen LogP contribution in [-0.4, -0.2) is 37.3 Å². The Morgan fingerprint density at radius 3 is 2.45 bits per heavy atom. The molecule has 7 heteroatoms. The van der Waals surface area contributed by atoms with Gasteiger partial charge in [-0.15, -0.1) is 0 Å². The van der Waals surface area contributed by atoms with Gasteiger partial charge in [0.1, 0.15) is 12.0 Å². The fraction of sp³-hybridized carbons (Fsp3) is 0.273. The summed E-state index contributed by atoms with van der Waals surface area (Å²) in [5.74, 6) is 2.76. The predicted octanol–water partition coefficient (Wildman–Crippen LogP) is 3.89. The summed E-state index contributed by atoms with van der Waals surface area (Å²) in [6, 6.07) is 16.0. The smallest absolute Gasteiger partial charge is 0.161 e. The first kappa shape index (κ1) is 20.3. The summed E-state index contributed by atoms with van der Waals surface area (Å²) >= 11 is 0. The van der Waals surface area contributed by atoms with Crippen LogP contribution in [0.1, 0.15) is 12.5 Å². The first-order chi connectivity index (χ1) is 14.2. The van der Waals surface area contributed by atoms with Crippen molar-refractivity contribution in [3.05, 3.63) is 60.4 Å². The zero-order valence-corrected chi connectivity index (χ0v) is 17.1. The summed E-state index contributed by atoms with van der Waals surface area (Å²) in [4.78, 5) is 10.8. The minimum atomic E-state index is 0.533. The molecule has 0 spiro atoms. The third-order valence-electron chi connectivity index (χ3n) is 4.66. The maximum atomic E-state index is 6.39. The van der Waals surface area contributed by atoms with Gasteiger partial charge in [-0.2, -0.15) is 0 Å². The molecule has 29 heavy (non-hydrogen) atoms. The number of nitrogens with one attached hydrogen (secondary N) is 1. The van der Waals surface area contributed by atoms with Gasteiger partial charge >= 0.3 is 0 Å². The van der Waals surface area contributed by atoms with Crippen LogP contribution in [0.4, 0.5) is 23.0 Å². The standard InChI is InChI=1S/C22H27N5O2/c1-4-27(17-8-6-5-7-9-17)22-20(23)21(25-15-26-22)24-13-12-16-10-11-18(28-2)19(14-16)29-3/h5-11,14-15H,4,12-13,23H2,1-3H3,(H,24,25,26). The summed E-state index contributed by atoms with van der Waals surface area (Å²) < 4.78 is 10.7. The van der Waals surface area contributed by atoms with Crippen molar-refractivity contribution in [1.29, 1.82) is 0 Å². The van der Waals surface area contributed by atoms with E-state index in [1.807, 2.05) is 48.5 Å². The van der Waals surface area contributed by atoms with E-state index in [2.05, 4.69) is 27.1 Å². The number of hydrogen-bond donors (Lipinski definition) is 2. The molecule has 3 N–H and O–H groups in total. The van der Waals surface area contributed by atoms with Gasteiger partial charge in [0.15, 0.2) is 23.1 Å². The van der Waals surface area contributed by atoms with Crippen molar-refractivity contribution in [3.63, 3.8) is 0 Å². The Balaban J connectivity index is 1.72. The Hall–Kier alpha value is -3.48. The van der Waals surface area contributed by atoms with Gasteiger partial charge in [-0.3, -0.25) is 0 Å². The molecule has 0 saturated carbocycles. The van der Waals surface area contributed by atoms with Gasteiger partial charge in [-0.25, -0.2) is 9.97 Å². The quantitative estimate of drug-likeness (QED) is 0.570. The van der Waals surface area contributed by atoms with Crippen molar-refractivity contribution < 1.29 is 9.47 Å². The van der Waals surface area contributed by atoms with Crippen LogP contribution in [-0.2, 0) is 6.42 Å². The van der Waals surface area contributed by atoms with Crippen LogP contribution in [0.3, 0.4) is 0 Å². The van der Waals surface area contributed by atoms with Crippen molar-refractivity contribution in [2.24, 2.45) is 0 Å². The second-order valence-corrected chi connectivity index (χ2v) is 6.41. The van der Waals surface area contributed by atoms with Crippen molar-refractivity contribution >= 4 is 23.0 Å². The van der Waals surface area contributed by atoms with Crippen LogP contribution in [0, 0.1) is 0 Å². The monoisotopic (exact) mass is 393 g/mol. The fourth-order valence-corrected chi connectivity index (χ4v) is 3.17. The Labute approximate surface area is 171 Å². The van der Waals surface area contributed by atoms with E-state index in [1.165, 1.54) is 6.33 Å². The zero-order valence-electron chi connectivity index (χ0n) is 17.1. The number of nitrogens with two attached hydrogens (primary N) is 1. The topological polar surface area (TPSA) is 85.5 Å². The van der Waals surface area contributed by atoms with E-state index in [-0.39, 0.29) is 0 Å². The molecule has 7 nitrogen and oxygen atoms in total. The number of methoxy groups -OCH3 is 2. The van der Waals surface area contributed by atoms with E-state index in [9.17, 15) is 0 Å². The lowest BCUT2D eigenvalue weighted by Gasteiger charge is -2.24. The molecule has 0 atom stereocenters. The molecule has 0 saturated heterocycles. The summed E-state index contributed by atoms with van der Waals surface area (Å²) in [5.41, 5.74) is 9.09. The van der Waals surface area contributed by atoms with E-state index in [0.29, 0.717) is 23.9 Å². The SMILES string of the molecule is CCN(c1ccccc1)c1ncnc(NCCc2ccc(OC)c(OC)c2)c1N. The highest BCUT2D eigenvalue weighted by molar-refractivity contribution is 5.79. The van der Waals surface area contributed by atoms with Gasteiger partial charge in [0.2, 0.25) is 0 Å². The third kappa shape index (κ3) is 4.68. The molecule has 0 fully saturated rings. The van der Waals surface area contributed by atoms with Crippen molar-refractivity contribution in [2.75, 3.05) is 43.3 Å². The molecule has 0 aliphatic rings. The molecule has 0 unspecified atom stereocenters. The molecule has 1 aromatic heterocycles. The van der Waals surface area contributed by atoms with Crippen LogP contribution in [0.2, 0.25) is 0 Å². The number of anilines is 4. The van der Waals surface area contributed by atoms with E-state index in [0.717, 1.165) is 35.7 Å². The maximum absolute atomic E-state index is 6.39. The van der Waals surface area contributed by atoms with Crippen molar-refractivity contribution in [3.8, 4) is 11.5 Å². The molecule has 0 radical (unpaired) electrons. The highest BCUT2D eigenvalue weighted by atomic mass is 16.5. The highest BCUT2D eigenvalue weighted by Gasteiger charge is 2.15. The summed E-state index contributed by atoms with van der Waals surface area (Å²) in [6.45, 7) is 3.49. The van der Waals surface area contributed by atoms with Gasteiger partial charge in [-0.1, -0.05) is 24.3 Å². The average Bonchev–Trinajstić information content (AvgIpc) is 2.77. The van der Waals surface area contributed by atoms with Crippen molar-refractivity contribution in [2.45, 2.75) is 13.3 Å². The lowest BCUT2D eigenvalue weighted by Crippen LogP contribution is -2.20. The number of ether oxygens (including phenoxy) is 2. The normalized spacial score (nSPS) is 10.4. The fourth-order valence-electron chi connectivity index (χ4n) is 3.17. The third-order valence-corrected chi connectivity index (χ3v) is 4.66. The predicted molar refractivity (Wildman–Crippen MR) is 117 cm³/mol. The van der Waals surface area contributed by atoms with E-state index >= 15 is 0 Å². The van der Waals surface area contributed by atoms with Gasteiger partial charge < -0.3 is 25.4 Å². The number of benzene rings is 2. The van der Waals surface area contributed by atoms with Crippen LogP contribution >= 0.6 is 0 Å². The van der Waals surface area contributed by atoms with Crippen LogP contribution in [0.15, 0.2) is 54.9 Å². The second kappa shape index (κ2) is 9.64. The van der Waals surface area contributed by atoms with Gasteiger partial charge in [0, 0.05) is 18.8 Å². The molecule has 2 aromatic carbocycles. The Kier molecular flexibility index (Phi) is 6.73. The lowest BCUT2D eigenvalue weighted by atomic mass is 10.1. The minimum Gasteiger partial charge on any atom is -0.493 e. The number of para-hydroxylation sites is 1. The molecule has 1 heterocycles. The molecular weight excluding hydrogens is 366 g/mol. The minimum absolute atomic E-state index is 0.533. The zero-order chi connectivity index (χ0) is 20.6. The number of nitrogens with zero attached hydrogens (tertiary/aromatic N) is 3. The summed E-state index contributed by atoms with van der Waals surface area (Å²) in [5, 5.41) is 3.32. The number of nitrogen functional groups attached to an aromatic ring is 1. The molecule has 0 bridgehead atoms. The van der Waals surface area contributed by atoms with Crippen LogP contribution < -0.4 is 25.4 Å². The first-order valence-corrected chi connectivity index (χ1v) is 9.55. The molecule has 0 amide bonds. The highest BCUT2D eigenvalue weighted by Crippen LogP contribution is 2.31. The summed E-state index contributed by atoms with van der Waals surface area (Å²) in [7, 11) is 3.26. The van der Waals surface area contributed by atoms with Gasteiger partial charge in [0.05, 0.1) is 14.2 Å². The van der Waals surface area contributed by atoms with E-state index in [4.69, 9.17) is 15.2 Å². The number of hydrogen-bond acceptors (Lipinski definition) is 7. The first-order valence-electron chi connectivity index (χ1n) is 9.55. The second-order valence-electron chi connectivity index (χ2n) is 6.41.